The van der Waals surface area contributed by atoms with Crippen LogP contribution in [0.3, 0.4) is 0 Å². The Balaban J connectivity index is 1.35. The molecule has 1 N–H and O–H groups in total. The van der Waals surface area contributed by atoms with Gasteiger partial charge < -0.3 is 10.2 Å². The van der Waals surface area contributed by atoms with Gasteiger partial charge in [-0.1, -0.05) is 12.8 Å². The van der Waals surface area contributed by atoms with Gasteiger partial charge in [-0.3, -0.25) is 4.79 Å². The second-order valence-electron chi connectivity index (χ2n) is 10.9. The zero-order chi connectivity index (χ0) is 22.8. The van der Waals surface area contributed by atoms with E-state index in [0.29, 0.717) is 30.8 Å². The van der Waals surface area contributed by atoms with E-state index in [-0.39, 0.29) is 28.6 Å². The fourth-order valence-electron chi connectivity index (χ4n) is 7.32. The maximum atomic E-state index is 14.0. The van der Waals surface area contributed by atoms with E-state index in [2.05, 4.69) is 15.4 Å². The highest BCUT2D eigenvalue weighted by Crippen LogP contribution is 2.56. The maximum absolute atomic E-state index is 14.0. The molecule has 3 heterocycles. The number of nitrogens with zero attached hydrogens (tertiary/aromatic N) is 4. The first-order chi connectivity index (χ1) is 15.8. The molecule has 1 saturated heterocycles. The predicted octanol–water partition coefficient (Wildman–Crippen LogP) is 5.15. The highest BCUT2D eigenvalue weighted by Gasteiger charge is 2.51. The molecule has 0 unspecified atom stereocenters. The number of rotatable bonds is 3. The van der Waals surface area contributed by atoms with Crippen molar-refractivity contribution >= 4 is 17.4 Å². The van der Waals surface area contributed by atoms with Crippen LogP contribution in [0.2, 0.25) is 0 Å². The molecule has 5 aliphatic rings. The third-order valence-electron chi connectivity index (χ3n) is 8.26. The third kappa shape index (κ3) is 3.87. The number of likely N-dealkylation sites (tertiary alicyclic amines) is 1. The number of alkyl halides is 3. The number of carbonyl (C=O) groups excluding carboxylic acids is 1. The van der Waals surface area contributed by atoms with Crippen LogP contribution in [0.1, 0.15) is 80.4 Å². The molecule has 9 heteroatoms. The largest absolute Gasteiger partial charge is 0.433 e. The Morgan fingerprint density at radius 3 is 2.15 bits per heavy atom. The van der Waals surface area contributed by atoms with E-state index in [4.69, 9.17) is 0 Å². The van der Waals surface area contributed by atoms with Crippen molar-refractivity contribution in [2.75, 3.05) is 18.4 Å². The van der Waals surface area contributed by atoms with Crippen molar-refractivity contribution in [2.24, 2.45) is 17.8 Å². The lowest BCUT2D eigenvalue weighted by Gasteiger charge is -2.57. The number of carbonyl (C=O) groups is 1. The molecule has 2 aromatic rings. The SMILES string of the molecule is O=C(c1cc2nc(NC34CC5CC(CC(C5)C3)C4)cc(C(F)(F)F)n2n1)N1CCCCCC1. The van der Waals surface area contributed by atoms with Gasteiger partial charge in [0.15, 0.2) is 17.0 Å². The number of anilines is 1. The first kappa shape index (κ1) is 21.2. The van der Waals surface area contributed by atoms with Gasteiger partial charge in [-0.2, -0.15) is 18.3 Å². The summed E-state index contributed by atoms with van der Waals surface area (Å²) in [5, 5.41) is 7.52. The molecular formula is C24H30F3N5O. The van der Waals surface area contributed by atoms with Gasteiger partial charge in [-0.15, -0.1) is 0 Å². The molecule has 0 atom stereocenters. The lowest BCUT2D eigenvalue weighted by Crippen LogP contribution is -2.54. The molecule has 178 valence electrons. The monoisotopic (exact) mass is 461 g/mol. The Hall–Kier alpha value is -2.32. The van der Waals surface area contributed by atoms with Gasteiger partial charge in [-0.05, 0) is 69.1 Å². The van der Waals surface area contributed by atoms with Crippen LogP contribution in [0.5, 0.6) is 0 Å². The van der Waals surface area contributed by atoms with Gasteiger partial charge in [0.05, 0.1) is 0 Å². The van der Waals surface area contributed by atoms with Crippen LogP contribution in [0.25, 0.3) is 5.65 Å². The van der Waals surface area contributed by atoms with Gasteiger partial charge >= 0.3 is 6.18 Å². The summed E-state index contributed by atoms with van der Waals surface area (Å²) in [5.74, 6) is 1.93. The number of amides is 1. The Labute approximate surface area is 190 Å². The normalized spacial score (nSPS) is 31.7. The number of fused-ring (bicyclic) bond motifs is 1. The van der Waals surface area contributed by atoms with Gasteiger partial charge in [-0.25, -0.2) is 9.50 Å². The standard InChI is InChI=1S/C24H30F3N5O/c25-24(26,27)19-11-20(29-23-12-15-7-16(13-23)9-17(8-15)14-23)28-21-10-18(30-32(19)21)22(33)31-5-3-1-2-4-6-31/h10-11,15-17H,1-9,12-14H2,(H,28,29). The molecule has 1 aliphatic heterocycles. The van der Waals surface area contributed by atoms with E-state index >= 15 is 0 Å². The third-order valence-corrected chi connectivity index (χ3v) is 8.26. The summed E-state index contributed by atoms with van der Waals surface area (Å²) < 4.78 is 42.8. The minimum Gasteiger partial charge on any atom is -0.364 e. The number of halogens is 3. The van der Waals surface area contributed by atoms with Crippen LogP contribution in [-0.4, -0.2) is 44.0 Å². The minimum absolute atomic E-state index is 0.0295. The van der Waals surface area contributed by atoms with Crippen LogP contribution in [0.4, 0.5) is 19.0 Å². The van der Waals surface area contributed by atoms with Gasteiger partial charge in [0.25, 0.3) is 5.91 Å². The average Bonchev–Trinajstić information content (AvgIpc) is 2.96. The van der Waals surface area contributed by atoms with Crippen LogP contribution in [0, 0.1) is 17.8 Å². The smallest absolute Gasteiger partial charge is 0.364 e. The Kier molecular flexibility index (Phi) is 4.89. The first-order valence-electron chi connectivity index (χ1n) is 12.3. The topological polar surface area (TPSA) is 62.5 Å². The van der Waals surface area contributed by atoms with E-state index in [1.54, 1.807) is 4.90 Å². The van der Waals surface area contributed by atoms with Gasteiger partial charge in [0.1, 0.15) is 5.82 Å². The summed E-state index contributed by atoms with van der Waals surface area (Å²) in [4.78, 5) is 19.2. The molecule has 4 saturated carbocycles. The number of aromatic nitrogens is 3. The molecule has 0 spiro atoms. The quantitative estimate of drug-likeness (QED) is 0.687. The van der Waals surface area contributed by atoms with Crippen LogP contribution < -0.4 is 5.32 Å². The molecule has 6 nitrogen and oxygen atoms in total. The molecule has 4 aliphatic carbocycles. The molecule has 0 radical (unpaired) electrons. The van der Waals surface area contributed by atoms with Gasteiger partial charge in [0, 0.05) is 30.8 Å². The lowest BCUT2D eigenvalue weighted by atomic mass is 9.53. The van der Waals surface area contributed by atoms with E-state index in [1.165, 1.54) is 25.3 Å². The molecule has 1 amide bonds. The van der Waals surface area contributed by atoms with Crippen LogP contribution in [0.15, 0.2) is 12.1 Å². The summed E-state index contributed by atoms with van der Waals surface area (Å²) in [6.07, 6.45) is 6.12. The zero-order valence-corrected chi connectivity index (χ0v) is 18.7. The van der Waals surface area contributed by atoms with E-state index < -0.39 is 11.9 Å². The summed E-state index contributed by atoms with van der Waals surface area (Å²) in [7, 11) is 0. The van der Waals surface area contributed by atoms with Crippen molar-refractivity contribution in [3.63, 3.8) is 0 Å². The molecule has 2 aromatic heterocycles. The first-order valence-corrected chi connectivity index (χ1v) is 12.3. The Morgan fingerprint density at radius 1 is 0.970 bits per heavy atom. The number of hydrogen-bond donors (Lipinski definition) is 1. The fraction of sp³-hybridized carbons (Fsp3) is 0.708. The molecule has 33 heavy (non-hydrogen) atoms. The number of nitrogens with one attached hydrogen (secondary N) is 1. The average molecular weight is 462 g/mol. The maximum Gasteiger partial charge on any atom is 0.433 e. The van der Waals surface area contributed by atoms with Gasteiger partial charge in [0.2, 0.25) is 0 Å². The second kappa shape index (κ2) is 7.60. The van der Waals surface area contributed by atoms with E-state index in [1.807, 2.05) is 0 Å². The molecule has 7 rings (SSSR count). The van der Waals surface area contributed by atoms with Crippen molar-refractivity contribution in [1.82, 2.24) is 19.5 Å². The second-order valence-corrected chi connectivity index (χ2v) is 10.9. The minimum atomic E-state index is -4.60. The molecular weight excluding hydrogens is 431 g/mol. The summed E-state index contributed by atoms with van der Waals surface area (Å²) in [5.41, 5.74) is -0.958. The summed E-state index contributed by atoms with van der Waals surface area (Å²) in [6.45, 7) is 1.23. The van der Waals surface area contributed by atoms with Crippen LogP contribution >= 0.6 is 0 Å². The van der Waals surface area contributed by atoms with E-state index in [9.17, 15) is 18.0 Å². The molecule has 5 fully saturated rings. The molecule has 0 aromatic carbocycles. The Bertz CT molecular complexity index is 1030. The molecule has 4 bridgehead atoms. The van der Waals surface area contributed by atoms with E-state index in [0.717, 1.165) is 55.5 Å². The van der Waals surface area contributed by atoms with Crippen molar-refractivity contribution in [3.8, 4) is 0 Å². The fourth-order valence-corrected chi connectivity index (χ4v) is 7.32. The highest BCUT2D eigenvalue weighted by molar-refractivity contribution is 5.93. The highest BCUT2D eigenvalue weighted by atomic mass is 19.4. The summed E-state index contributed by atoms with van der Waals surface area (Å²) >= 11 is 0. The van der Waals surface area contributed by atoms with Crippen molar-refractivity contribution in [3.05, 3.63) is 23.5 Å². The van der Waals surface area contributed by atoms with Crippen molar-refractivity contribution < 1.29 is 18.0 Å². The van der Waals surface area contributed by atoms with Crippen molar-refractivity contribution in [1.29, 1.82) is 0 Å². The number of hydrogen-bond acceptors (Lipinski definition) is 4. The Morgan fingerprint density at radius 2 is 1.58 bits per heavy atom. The van der Waals surface area contributed by atoms with Crippen molar-refractivity contribution in [2.45, 2.75) is 75.9 Å². The summed E-state index contributed by atoms with van der Waals surface area (Å²) in [6, 6.07) is 2.48. The predicted molar refractivity (Wildman–Crippen MR) is 117 cm³/mol. The van der Waals surface area contributed by atoms with Crippen LogP contribution in [-0.2, 0) is 6.18 Å². The zero-order valence-electron chi connectivity index (χ0n) is 18.7. The lowest BCUT2D eigenvalue weighted by molar-refractivity contribution is -0.142.